The maximum atomic E-state index is 12.3. The summed E-state index contributed by atoms with van der Waals surface area (Å²) in [5.41, 5.74) is 8.14. The van der Waals surface area contributed by atoms with Gasteiger partial charge in [-0.05, 0) is 31.2 Å². The van der Waals surface area contributed by atoms with Crippen LogP contribution in [-0.2, 0) is 6.54 Å². The summed E-state index contributed by atoms with van der Waals surface area (Å²) >= 11 is 0. The lowest BCUT2D eigenvalue weighted by atomic mass is 10.2. The molecule has 0 spiro atoms. The minimum atomic E-state index is -0.268. The summed E-state index contributed by atoms with van der Waals surface area (Å²) in [6.45, 7) is 2.49. The molecule has 0 radical (unpaired) electrons. The van der Waals surface area contributed by atoms with Crippen LogP contribution >= 0.6 is 0 Å². The third kappa shape index (κ3) is 2.43. The summed E-state index contributed by atoms with van der Waals surface area (Å²) in [4.78, 5) is 16.6. The molecule has 0 bridgehead atoms. The van der Waals surface area contributed by atoms with Gasteiger partial charge in [-0.3, -0.25) is 14.5 Å². The second kappa shape index (κ2) is 5.24. The molecule has 6 heteroatoms. The van der Waals surface area contributed by atoms with Crippen molar-refractivity contribution in [2.45, 2.75) is 13.5 Å². The van der Waals surface area contributed by atoms with E-state index in [1.807, 2.05) is 37.3 Å². The van der Waals surface area contributed by atoms with Crippen molar-refractivity contribution in [3.8, 4) is 0 Å². The Morgan fingerprint density at radius 3 is 3.05 bits per heavy atom. The number of nitrogens with two attached hydrogens (primary N) is 1. The molecular weight excluding hydrogens is 266 g/mol. The number of nitrogen functional groups attached to an aromatic ring is 1. The minimum Gasteiger partial charge on any atom is -0.396 e. The van der Waals surface area contributed by atoms with E-state index in [1.165, 1.54) is 6.20 Å². The molecular formula is C15H15N5O. The molecule has 106 valence electrons. The van der Waals surface area contributed by atoms with Crippen molar-refractivity contribution in [2.24, 2.45) is 0 Å². The zero-order valence-electron chi connectivity index (χ0n) is 11.6. The molecule has 3 rings (SSSR count). The molecule has 0 aliphatic carbocycles. The number of nitrogens with zero attached hydrogens (tertiary/aromatic N) is 3. The number of pyridine rings is 1. The molecule has 0 fully saturated rings. The SMILES string of the molecule is CCn1ncc(N)c1C(=O)Nc1ccc2ncccc2c1. The van der Waals surface area contributed by atoms with Crippen LogP contribution in [0.4, 0.5) is 11.4 Å². The number of hydrogen-bond donors (Lipinski definition) is 2. The predicted octanol–water partition coefficient (Wildman–Crippen LogP) is 2.29. The molecule has 0 saturated heterocycles. The van der Waals surface area contributed by atoms with Crippen molar-refractivity contribution < 1.29 is 4.79 Å². The van der Waals surface area contributed by atoms with Gasteiger partial charge >= 0.3 is 0 Å². The van der Waals surface area contributed by atoms with Crippen molar-refractivity contribution in [2.75, 3.05) is 11.1 Å². The maximum absolute atomic E-state index is 12.3. The number of carbonyl (C=O) groups excluding carboxylic acids is 1. The molecule has 0 unspecified atom stereocenters. The van der Waals surface area contributed by atoms with Crippen LogP contribution in [0.3, 0.4) is 0 Å². The number of aromatic nitrogens is 3. The molecule has 2 aromatic heterocycles. The largest absolute Gasteiger partial charge is 0.396 e. The molecule has 0 saturated carbocycles. The smallest absolute Gasteiger partial charge is 0.276 e. The second-order valence-electron chi connectivity index (χ2n) is 4.63. The molecule has 2 heterocycles. The Bertz CT molecular complexity index is 809. The quantitative estimate of drug-likeness (QED) is 0.771. The van der Waals surface area contributed by atoms with Gasteiger partial charge in [0.15, 0.2) is 0 Å². The van der Waals surface area contributed by atoms with Crippen molar-refractivity contribution in [3.63, 3.8) is 0 Å². The van der Waals surface area contributed by atoms with E-state index in [4.69, 9.17) is 5.73 Å². The number of benzene rings is 1. The highest BCUT2D eigenvalue weighted by Gasteiger charge is 2.16. The van der Waals surface area contributed by atoms with Crippen molar-refractivity contribution >= 4 is 28.2 Å². The molecule has 0 aliphatic heterocycles. The summed E-state index contributed by atoms with van der Waals surface area (Å²) in [7, 11) is 0. The van der Waals surface area contributed by atoms with Crippen LogP contribution < -0.4 is 11.1 Å². The molecule has 6 nitrogen and oxygen atoms in total. The summed E-state index contributed by atoms with van der Waals surface area (Å²) in [6.07, 6.45) is 3.23. The Labute approximate surface area is 121 Å². The van der Waals surface area contributed by atoms with Crippen LogP contribution in [-0.4, -0.2) is 20.7 Å². The van der Waals surface area contributed by atoms with E-state index >= 15 is 0 Å². The number of rotatable bonds is 3. The van der Waals surface area contributed by atoms with Crippen LogP contribution in [0.15, 0.2) is 42.7 Å². The summed E-state index contributed by atoms with van der Waals surface area (Å²) < 4.78 is 1.58. The van der Waals surface area contributed by atoms with Gasteiger partial charge in [0.05, 0.1) is 17.4 Å². The number of aryl methyl sites for hydroxylation is 1. The molecule has 0 aliphatic rings. The molecule has 1 aromatic carbocycles. The Kier molecular flexibility index (Phi) is 3.27. The first-order valence-electron chi connectivity index (χ1n) is 6.66. The van der Waals surface area contributed by atoms with E-state index in [0.717, 1.165) is 10.9 Å². The molecule has 21 heavy (non-hydrogen) atoms. The van der Waals surface area contributed by atoms with Gasteiger partial charge < -0.3 is 11.1 Å². The van der Waals surface area contributed by atoms with Gasteiger partial charge in [-0.15, -0.1) is 0 Å². The van der Waals surface area contributed by atoms with Gasteiger partial charge in [-0.25, -0.2) is 0 Å². The molecule has 0 atom stereocenters. The fraction of sp³-hybridized carbons (Fsp3) is 0.133. The summed E-state index contributed by atoms with van der Waals surface area (Å²) in [5, 5.41) is 7.88. The Morgan fingerprint density at radius 2 is 2.24 bits per heavy atom. The molecule has 1 amide bonds. The van der Waals surface area contributed by atoms with Gasteiger partial charge in [-0.1, -0.05) is 6.07 Å². The zero-order chi connectivity index (χ0) is 14.8. The van der Waals surface area contributed by atoms with Crippen LogP contribution in [0, 0.1) is 0 Å². The van der Waals surface area contributed by atoms with Gasteiger partial charge in [0.1, 0.15) is 5.69 Å². The predicted molar refractivity (Wildman–Crippen MR) is 82.0 cm³/mol. The number of anilines is 2. The topological polar surface area (TPSA) is 85.8 Å². The Morgan fingerprint density at radius 1 is 1.38 bits per heavy atom. The van der Waals surface area contributed by atoms with Crippen LogP contribution in [0.1, 0.15) is 17.4 Å². The molecule has 3 N–H and O–H groups in total. The van der Waals surface area contributed by atoms with E-state index in [0.29, 0.717) is 23.6 Å². The highest BCUT2D eigenvalue weighted by atomic mass is 16.2. The number of amides is 1. The summed E-state index contributed by atoms with van der Waals surface area (Å²) in [6, 6.07) is 9.37. The minimum absolute atomic E-state index is 0.268. The fourth-order valence-corrected chi connectivity index (χ4v) is 2.23. The standard InChI is InChI=1S/C15H15N5O/c1-2-20-14(12(16)9-18-20)15(21)19-11-5-6-13-10(8-11)4-3-7-17-13/h3-9H,2,16H2,1H3,(H,19,21). The first-order chi connectivity index (χ1) is 10.2. The van der Waals surface area contributed by atoms with Crippen molar-refractivity contribution in [3.05, 3.63) is 48.4 Å². The van der Waals surface area contributed by atoms with Crippen LogP contribution in [0.25, 0.3) is 10.9 Å². The lowest BCUT2D eigenvalue weighted by Crippen LogP contribution is -2.18. The van der Waals surface area contributed by atoms with E-state index in [2.05, 4.69) is 15.4 Å². The van der Waals surface area contributed by atoms with Crippen LogP contribution in [0.2, 0.25) is 0 Å². The number of hydrogen-bond acceptors (Lipinski definition) is 4. The zero-order valence-corrected chi connectivity index (χ0v) is 11.6. The highest BCUT2D eigenvalue weighted by molar-refractivity contribution is 6.07. The first-order valence-corrected chi connectivity index (χ1v) is 6.66. The van der Waals surface area contributed by atoms with E-state index in [1.54, 1.807) is 10.9 Å². The Hall–Kier alpha value is -2.89. The maximum Gasteiger partial charge on any atom is 0.276 e. The van der Waals surface area contributed by atoms with E-state index in [-0.39, 0.29) is 5.91 Å². The first kappa shape index (κ1) is 13.1. The highest BCUT2D eigenvalue weighted by Crippen LogP contribution is 2.19. The van der Waals surface area contributed by atoms with Gasteiger partial charge in [0, 0.05) is 23.8 Å². The summed E-state index contributed by atoms with van der Waals surface area (Å²) in [5.74, 6) is -0.268. The average Bonchev–Trinajstić information content (AvgIpc) is 2.88. The number of fused-ring (bicyclic) bond motifs is 1. The van der Waals surface area contributed by atoms with Crippen molar-refractivity contribution in [1.29, 1.82) is 0 Å². The van der Waals surface area contributed by atoms with Gasteiger partial charge in [0.25, 0.3) is 5.91 Å². The monoisotopic (exact) mass is 281 g/mol. The third-order valence-corrected chi connectivity index (χ3v) is 3.24. The van der Waals surface area contributed by atoms with Crippen molar-refractivity contribution in [1.82, 2.24) is 14.8 Å². The normalized spacial score (nSPS) is 10.7. The van der Waals surface area contributed by atoms with Gasteiger partial charge in [-0.2, -0.15) is 5.10 Å². The Balaban J connectivity index is 1.90. The third-order valence-electron chi connectivity index (χ3n) is 3.24. The van der Waals surface area contributed by atoms with E-state index < -0.39 is 0 Å². The van der Waals surface area contributed by atoms with Gasteiger partial charge in [0.2, 0.25) is 0 Å². The van der Waals surface area contributed by atoms with E-state index in [9.17, 15) is 4.79 Å². The average molecular weight is 281 g/mol. The lowest BCUT2D eigenvalue weighted by molar-refractivity contribution is 0.101. The lowest BCUT2D eigenvalue weighted by Gasteiger charge is -2.08. The van der Waals surface area contributed by atoms with Crippen LogP contribution in [0.5, 0.6) is 0 Å². The number of carbonyl (C=O) groups is 1. The molecule has 3 aromatic rings. The second-order valence-corrected chi connectivity index (χ2v) is 4.63. The number of nitrogens with one attached hydrogen (secondary N) is 1. The fourth-order valence-electron chi connectivity index (χ4n) is 2.23.